The molecule has 18 heavy (non-hydrogen) atoms. The summed E-state index contributed by atoms with van der Waals surface area (Å²) in [6.45, 7) is 0.595. The van der Waals surface area contributed by atoms with E-state index in [1.807, 2.05) is 6.92 Å². The van der Waals surface area contributed by atoms with Crippen LogP contribution in [0, 0.1) is 0 Å². The maximum absolute atomic E-state index is 11.9. The second-order valence-corrected chi connectivity index (χ2v) is 3.79. The molecular weight excluding hydrogens is 251 g/mol. The highest BCUT2D eigenvalue weighted by atomic mass is 19.4. The molecule has 0 saturated heterocycles. The number of halogens is 3. The molecule has 5 nitrogen and oxygen atoms in total. The van der Waals surface area contributed by atoms with Crippen molar-refractivity contribution in [2.45, 2.75) is 32.6 Å². The Morgan fingerprint density at radius 1 is 1.33 bits per heavy atom. The standard InChI is InChI=1S/C10H14F3N3O2/c1-2-3-15-4-5-16(9(15)18)6-8(17)14-7-10(11,12)13/h4-5H,2-3,6-7H2,1H3,(H,14,17). The van der Waals surface area contributed by atoms with Crippen LogP contribution in [0.15, 0.2) is 17.2 Å². The molecule has 1 aromatic heterocycles. The van der Waals surface area contributed by atoms with E-state index in [9.17, 15) is 22.8 Å². The maximum atomic E-state index is 11.9. The summed E-state index contributed by atoms with van der Waals surface area (Å²) in [6, 6.07) is 0. The van der Waals surface area contributed by atoms with E-state index in [-0.39, 0.29) is 0 Å². The first-order valence-electron chi connectivity index (χ1n) is 5.42. The third kappa shape index (κ3) is 4.27. The molecule has 0 aliphatic heterocycles. The largest absolute Gasteiger partial charge is 0.405 e. The average Bonchev–Trinajstić information content (AvgIpc) is 2.59. The third-order valence-electron chi connectivity index (χ3n) is 2.18. The lowest BCUT2D eigenvalue weighted by molar-refractivity contribution is -0.138. The van der Waals surface area contributed by atoms with E-state index >= 15 is 0 Å². The fourth-order valence-electron chi connectivity index (χ4n) is 1.39. The quantitative estimate of drug-likeness (QED) is 0.853. The summed E-state index contributed by atoms with van der Waals surface area (Å²) in [6.07, 6.45) is -0.813. The van der Waals surface area contributed by atoms with Gasteiger partial charge < -0.3 is 5.32 Å². The number of aryl methyl sites for hydroxylation is 1. The topological polar surface area (TPSA) is 56.0 Å². The molecule has 0 radical (unpaired) electrons. The Morgan fingerprint density at radius 3 is 2.50 bits per heavy atom. The van der Waals surface area contributed by atoms with Crippen LogP contribution in [0.4, 0.5) is 13.2 Å². The van der Waals surface area contributed by atoms with Gasteiger partial charge in [-0.1, -0.05) is 6.92 Å². The third-order valence-corrected chi connectivity index (χ3v) is 2.18. The van der Waals surface area contributed by atoms with E-state index in [2.05, 4.69) is 0 Å². The van der Waals surface area contributed by atoms with Gasteiger partial charge in [0.1, 0.15) is 13.1 Å². The monoisotopic (exact) mass is 265 g/mol. The van der Waals surface area contributed by atoms with E-state index < -0.39 is 30.9 Å². The van der Waals surface area contributed by atoms with Crippen molar-refractivity contribution in [2.75, 3.05) is 6.54 Å². The van der Waals surface area contributed by atoms with Crippen LogP contribution in [0.2, 0.25) is 0 Å². The Hall–Kier alpha value is -1.73. The molecule has 0 fully saturated rings. The molecule has 0 aliphatic carbocycles. The highest BCUT2D eigenvalue weighted by Crippen LogP contribution is 2.11. The number of nitrogens with one attached hydrogen (secondary N) is 1. The van der Waals surface area contributed by atoms with Crippen molar-refractivity contribution in [3.05, 3.63) is 22.9 Å². The molecule has 0 bridgehead atoms. The van der Waals surface area contributed by atoms with Crippen molar-refractivity contribution in [1.29, 1.82) is 0 Å². The van der Waals surface area contributed by atoms with Crippen LogP contribution in [-0.4, -0.2) is 27.8 Å². The zero-order valence-corrected chi connectivity index (χ0v) is 9.83. The average molecular weight is 265 g/mol. The highest BCUT2D eigenvalue weighted by molar-refractivity contribution is 5.75. The minimum absolute atomic E-state index is 0.404. The van der Waals surface area contributed by atoms with Crippen molar-refractivity contribution in [3.8, 4) is 0 Å². The van der Waals surface area contributed by atoms with Gasteiger partial charge in [0.05, 0.1) is 0 Å². The first kappa shape index (κ1) is 14.3. The molecule has 102 valence electrons. The number of carbonyl (C=O) groups is 1. The van der Waals surface area contributed by atoms with Crippen LogP contribution in [-0.2, 0) is 17.9 Å². The van der Waals surface area contributed by atoms with E-state index in [4.69, 9.17) is 0 Å². The van der Waals surface area contributed by atoms with Gasteiger partial charge in [0.25, 0.3) is 0 Å². The number of alkyl halides is 3. The number of rotatable bonds is 5. The summed E-state index contributed by atoms with van der Waals surface area (Å²) < 4.78 is 38.0. The molecule has 1 amide bonds. The summed E-state index contributed by atoms with van der Waals surface area (Å²) >= 11 is 0. The molecule has 0 spiro atoms. The van der Waals surface area contributed by atoms with E-state index in [0.717, 1.165) is 11.0 Å². The predicted molar refractivity (Wildman–Crippen MR) is 58.0 cm³/mol. The van der Waals surface area contributed by atoms with Crippen molar-refractivity contribution >= 4 is 5.91 Å². The van der Waals surface area contributed by atoms with Crippen molar-refractivity contribution < 1.29 is 18.0 Å². The second-order valence-electron chi connectivity index (χ2n) is 3.79. The van der Waals surface area contributed by atoms with Crippen molar-refractivity contribution in [3.63, 3.8) is 0 Å². The van der Waals surface area contributed by atoms with Crippen molar-refractivity contribution in [1.82, 2.24) is 14.5 Å². The van der Waals surface area contributed by atoms with Gasteiger partial charge in [-0.15, -0.1) is 0 Å². The summed E-state index contributed by atoms with van der Waals surface area (Å²) in [7, 11) is 0. The molecule has 1 N–H and O–H groups in total. The molecule has 1 aromatic rings. The summed E-state index contributed by atoms with van der Waals surface area (Å²) in [5.74, 6) is -0.844. The van der Waals surface area contributed by atoms with E-state index in [1.54, 1.807) is 5.32 Å². The zero-order chi connectivity index (χ0) is 13.8. The Kier molecular flexibility index (Phi) is 4.57. The first-order valence-corrected chi connectivity index (χ1v) is 5.42. The number of carbonyl (C=O) groups excluding carboxylic acids is 1. The number of hydrogen-bond donors (Lipinski definition) is 1. The van der Waals surface area contributed by atoms with Crippen LogP contribution in [0.5, 0.6) is 0 Å². The van der Waals surface area contributed by atoms with Gasteiger partial charge in [-0.25, -0.2) is 4.79 Å². The summed E-state index contributed by atoms with van der Waals surface area (Å²) in [5.41, 5.74) is -0.404. The number of imidazole rings is 1. The molecule has 0 aromatic carbocycles. The molecule has 1 rings (SSSR count). The fraction of sp³-hybridized carbons (Fsp3) is 0.600. The molecule has 0 aliphatic rings. The predicted octanol–water partition coefficient (Wildman–Crippen LogP) is 0.738. The van der Waals surface area contributed by atoms with Gasteiger partial charge in [-0.3, -0.25) is 13.9 Å². The summed E-state index contributed by atoms with van der Waals surface area (Å²) in [5, 5.41) is 1.71. The molecule has 0 atom stereocenters. The van der Waals surface area contributed by atoms with Gasteiger partial charge >= 0.3 is 11.9 Å². The van der Waals surface area contributed by atoms with E-state index in [0.29, 0.717) is 6.54 Å². The highest BCUT2D eigenvalue weighted by Gasteiger charge is 2.27. The molecule has 0 unspecified atom stereocenters. The zero-order valence-electron chi connectivity index (χ0n) is 9.83. The van der Waals surface area contributed by atoms with Gasteiger partial charge in [0, 0.05) is 18.9 Å². The second kappa shape index (κ2) is 5.74. The summed E-state index contributed by atoms with van der Waals surface area (Å²) in [4.78, 5) is 22.8. The number of amides is 1. The van der Waals surface area contributed by atoms with E-state index in [1.165, 1.54) is 17.0 Å². The Bertz CT molecular complexity index is 462. The molecule has 8 heteroatoms. The molecular formula is C10H14F3N3O2. The lowest BCUT2D eigenvalue weighted by Gasteiger charge is -2.08. The minimum Gasteiger partial charge on any atom is -0.345 e. The molecule has 1 heterocycles. The lowest BCUT2D eigenvalue weighted by Crippen LogP contribution is -2.37. The van der Waals surface area contributed by atoms with Crippen LogP contribution in [0.3, 0.4) is 0 Å². The molecule has 0 saturated carbocycles. The normalized spacial score (nSPS) is 11.6. The Labute approximate surface area is 101 Å². The lowest BCUT2D eigenvalue weighted by atomic mass is 10.5. The van der Waals surface area contributed by atoms with Gasteiger partial charge in [-0.2, -0.15) is 13.2 Å². The van der Waals surface area contributed by atoms with Crippen molar-refractivity contribution in [2.24, 2.45) is 0 Å². The van der Waals surface area contributed by atoms with Crippen LogP contribution < -0.4 is 11.0 Å². The van der Waals surface area contributed by atoms with Gasteiger partial charge in [0.15, 0.2) is 0 Å². The minimum atomic E-state index is -4.45. The fourth-order valence-corrected chi connectivity index (χ4v) is 1.39. The number of hydrogen-bond acceptors (Lipinski definition) is 2. The Balaban J connectivity index is 2.57. The first-order chi connectivity index (χ1) is 8.33. The van der Waals surface area contributed by atoms with Gasteiger partial charge in [-0.05, 0) is 6.42 Å². The number of aromatic nitrogens is 2. The van der Waals surface area contributed by atoms with Crippen LogP contribution in [0.25, 0.3) is 0 Å². The SMILES string of the molecule is CCCn1ccn(CC(=O)NCC(F)(F)F)c1=O. The smallest absolute Gasteiger partial charge is 0.345 e. The number of nitrogens with zero attached hydrogens (tertiary/aromatic N) is 2. The van der Waals surface area contributed by atoms with Crippen LogP contribution >= 0.6 is 0 Å². The maximum Gasteiger partial charge on any atom is 0.405 e. The van der Waals surface area contributed by atoms with Gasteiger partial charge in [0.2, 0.25) is 5.91 Å². The van der Waals surface area contributed by atoms with Crippen LogP contribution in [0.1, 0.15) is 13.3 Å². The Morgan fingerprint density at radius 2 is 1.94 bits per heavy atom.